The molecule has 4 nitrogen and oxygen atoms in total. The van der Waals surface area contributed by atoms with Crippen molar-refractivity contribution in [1.29, 1.82) is 0 Å². The van der Waals surface area contributed by atoms with E-state index in [4.69, 9.17) is 0 Å². The number of aromatic nitrogens is 2. The molecule has 2 rings (SSSR count). The minimum Gasteiger partial charge on any atom is -0.805 e. The van der Waals surface area contributed by atoms with E-state index in [1.807, 2.05) is 6.92 Å². The number of hydrogen-bond donors (Lipinski definition) is 0. The molecule has 0 unspecified atom stereocenters. The standard InChI is InChI=1S/C11H16N2O2/c1-3-9-8(2)12(14)10-6-4-5-7-11(10)13(9)15/h3-7H2,1-2H3. The molecule has 4 heteroatoms. The van der Waals surface area contributed by atoms with Crippen molar-refractivity contribution in [2.24, 2.45) is 0 Å². The van der Waals surface area contributed by atoms with E-state index in [0.29, 0.717) is 29.2 Å². The molecule has 1 aliphatic rings. The smallest absolute Gasteiger partial charge is 0.258 e. The van der Waals surface area contributed by atoms with Crippen LogP contribution >= 0.6 is 0 Å². The summed E-state index contributed by atoms with van der Waals surface area (Å²) >= 11 is 0. The molecule has 1 aromatic rings. The van der Waals surface area contributed by atoms with Gasteiger partial charge in [-0.2, -0.15) is 0 Å². The molecule has 0 atom stereocenters. The fourth-order valence-corrected chi connectivity index (χ4v) is 2.34. The van der Waals surface area contributed by atoms with Gasteiger partial charge in [-0.1, -0.05) is 6.92 Å². The Morgan fingerprint density at radius 3 is 2.73 bits per heavy atom. The average molecular weight is 208 g/mol. The van der Waals surface area contributed by atoms with Crippen molar-refractivity contribution < 1.29 is 4.43 Å². The van der Waals surface area contributed by atoms with Crippen molar-refractivity contribution in [2.45, 2.75) is 46.0 Å². The highest BCUT2D eigenvalue weighted by atomic mass is 16.5. The molecule has 0 aliphatic heterocycles. The lowest BCUT2D eigenvalue weighted by Crippen LogP contribution is -2.34. The van der Waals surface area contributed by atoms with Gasteiger partial charge in [0.25, 0.3) is 11.4 Å². The lowest BCUT2D eigenvalue weighted by Gasteiger charge is -2.23. The van der Waals surface area contributed by atoms with Crippen LogP contribution in [0, 0.1) is 17.0 Å². The van der Waals surface area contributed by atoms with Crippen LogP contribution in [0.1, 0.15) is 42.5 Å². The fraction of sp³-hybridized carbons (Fsp3) is 0.636. The summed E-state index contributed by atoms with van der Waals surface area (Å²) in [5.74, 6) is 0. The predicted octanol–water partition coefficient (Wildman–Crippen LogP) is 1.50. The van der Waals surface area contributed by atoms with Crippen LogP contribution in [-0.4, -0.2) is 4.73 Å². The summed E-state index contributed by atoms with van der Waals surface area (Å²) in [6.07, 6.45) is 4.13. The Bertz CT molecular complexity index is 449. The molecule has 1 aromatic heterocycles. The number of fused-ring (bicyclic) bond motifs is 1. The van der Waals surface area contributed by atoms with E-state index in [1.54, 1.807) is 6.92 Å². The highest BCUT2D eigenvalue weighted by molar-refractivity contribution is 5.19. The largest absolute Gasteiger partial charge is 0.805 e. The number of rotatable bonds is 1. The van der Waals surface area contributed by atoms with Crippen molar-refractivity contribution in [3.63, 3.8) is 0 Å². The van der Waals surface area contributed by atoms with Gasteiger partial charge in [0.2, 0.25) is 0 Å². The highest BCUT2D eigenvalue weighted by Gasteiger charge is 2.25. The Morgan fingerprint density at radius 2 is 2.07 bits per heavy atom. The van der Waals surface area contributed by atoms with Gasteiger partial charge in [-0.05, 0) is 26.2 Å². The molecular weight excluding hydrogens is 192 g/mol. The molecule has 82 valence electrons. The molecular formula is C11H16N2O2. The molecule has 1 heterocycles. The van der Waals surface area contributed by atoms with Crippen LogP contribution in [-0.2, 0) is 19.3 Å². The Kier molecular flexibility index (Phi) is 2.50. The van der Waals surface area contributed by atoms with Gasteiger partial charge < -0.3 is 9.94 Å². The van der Waals surface area contributed by atoms with Gasteiger partial charge in [0.05, 0.1) is 15.8 Å². The maximum absolute atomic E-state index is 12.0. The van der Waals surface area contributed by atoms with E-state index >= 15 is 0 Å². The first-order valence-electron chi connectivity index (χ1n) is 5.53. The van der Waals surface area contributed by atoms with Crippen molar-refractivity contribution in [3.8, 4) is 0 Å². The lowest BCUT2D eigenvalue weighted by molar-refractivity contribution is -0.517. The summed E-state index contributed by atoms with van der Waals surface area (Å²) < 4.78 is 1.94. The molecule has 1 aliphatic carbocycles. The first-order valence-corrected chi connectivity index (χ1v) is 5.53. The van der Waals surface area contributed by atoms with E-state index in [-0.39, 0.29) is 0 Å². The SMILES string of the molecule is CCc1c(C)n([O-])c2c([n+]1=O)CCCC2. The number of hydrogen-bond acceptors (Lipinski definition) is 2. The molecule has 0 fully saturated rings. The van der Waals surface area contributed by atoms with Crippen LogP contribution in [0.25, 0.3) is 0 Å². The topological polar surface area (TPSA) is 51.0 Å². The van der Waals surface area contributed by atoms with Gasteiger partial charge in [-0.15, -0.1) is 0 Å². The van der Waals surface area contributed by atoms with Gasteiger partial charge in [0.15, 0.2) is 0 Å². The van der Waals surface area contributed by atoms with Crippen molar-refractivity contribution in [2.75, 3.05) is 0 Å². The number of nitrogens with zero attached hydrogens (tertiary/aromatic N) is 2. The Hall–Kier alpha value is -1.32. The quantitative estimate of drug-likeness (QED) is 0.657. The summed E-state index contributed by atoms with van der Waals surface area (Å²) in [7, 11) is 0. The summed E-state index contributed by atoms with van der Waals surface area (Å²) in [4.78, 5) is 12.0. The van der Waals surface area contributed by atoms with Gasteiger partial charge in [-0.3, -0.25) is 0 Å². The van der Waals surface area contributed by atoms with Crippen LogP contribution in [0.3, 0.4) is 0 Å². The lowest BCUT2D eigenvalue weighted by atomic mass is 9.99. The van der Waals surface area contributed by atoms with E-state index in [1.165, 1.54) is 0 Å². The maximum atomic E-state index is 12.0. The van der Waals surface area contributed by atoms with Crippen LogP contribution in [0.4, 0.5) is 0 Å². The van der Waals surface area contributed by atoms with Gasteiger partial charge in [0.1, 0.15) is 0 Å². The average Bonchev–Trinajstić information content (AvgIpc) is 2.27. The van der Waals surface area contributed by atoms with E-state index < -0.39 is 0 Å². The second-order valence-electron chi connectivity index (χ2n) is 4.07. The Morgan fingerprint density at radius 1 is 1.40 bits per heavy atom. The zero-order valence-electron chi connectivity index (χ0n) is 9.25. The summed E-state index contributed by atoms with van der Waals surface area (Å²) in [6.45, 7) is 3.64. The third-order valence-electron chi connectivity index (χ3n) is 3.20. The summed E-state index contributed by atoms with van der Waals surface area (Å²) in [5, 5.41) is 11.9. The van der Waals surface area contributed by atoms with Crippen LogP contribution in [0.15, 0.2) is 0 Å². The normalized spacial score (nSPS) is 15.1. The van der Waals surface area contributed by atoms with Gasteiger partial charge in [-0.25, -0.2) is 0 Å². The second-order valence-corrected chi connectivity index (χ2v) is 4.07. The zero-order chi connectivity index (χ0) is 11.0. The van der Waals surface area contributed by atoms with Gasteiger partial charge in [0, 0.05) is 17.7 Å². The predicted molar refractivity (Wildman–Crippen MR) is 57.3 cm³/mol. The van der Waals surface area contributed by atoms with Crippen LogP contribution in [0.2, 0.25) is 0 Å². The zero-order valence-corrected chi connectivity index (χ0v) is 9.25. The Labute approximate surface area is 88.7 Å². The Balaban J connectivity index is 2.75. The fourth-order valence-electron chi connectivity index (χ4n) is 2.34. The van der Waals surface area contributed by atoms with Crippen LogP contribution < -0.4 is 4.43 Å². The first kappa shape index (κ1) is 10.2. The molecule has 0 radical (unpaired) electrons. The molecule has 0 amide bonds. The molecule has 0 saturated carbocycles. The molecule has 0 saturated heterocycles. The van der Waals surface area contributed by atoms with E-state index in [0.717, 1.165) is 34.8 Å². The third-order valence-corrected chi connectivity index (χ3v) is 3.20. The molecule has 15 heavy (non-hydrogen) atoms. The second kappa shape index (κ2) is 3.68. The summed E-state index contributed by atoms with van der Waals surface area (Å²) in [6, 6.07) is 0. The summed E-state index contributed by atoms with van der Waals surface area (Å²) in [5.41, 5.74) is 2.56. The first-order chi connectivity index (χ1) is 7.16. The van der Waals surface area contributed by atoms with Crippen molar-refractivity contribution in [1.82, 2.24) is 4.73 Å². The van der Waals surface area contributed by atoms with Crippen LogP contribution in [0.5, 0.6) is 0 Å². The molecule has 0 N–H and O–H groups in total. The molecule has 0 bridgehead atoms. The molecule has 0 aromatic carbocycles. The molecule has 0 spiro atoms. The van der Waals surface area contributed by atoms with E-state index in [2.05, 4.69) is 0 Å². The maximum Gasteiger partial charge on any atom is 0.258 e. The minimum atomic E-state index is 0.563. The van der Waals surface area contributed by atoms with Gasteiger partial charge >= 0.3 is 0 Å². The van der Waals surface area contributed by atoms with E-state index in [9.17, 15) is 10.1 Å². The van der Waals surface area contributed by atoms with Crippen molar-refractivity contribution in [3.05, 3.63) is 32.9 Å². The van der Waals surface area contributed by atoms with Crippen molar-refractivity contribution >= 4 is 0 Å². The highest BCUT2D eigenvalue weighted by Crippen LogP contribution is 2.19. The monoisotopic (exact) mass is 208 g/mol. The minimum absolute atomic E-state index is 0.563. The third kappa shape index (κ3) is 1.44.